The second-order valence-electron chi connectivity index (χ2n) is 8.03. The van der Waals surface area contributed by atoms with Gasteiger partial charge < -0.3 is 24.1 Å². The fourth-order valence-corrected chi connectivity index (χ4v) is 4.76. The molecule has 2 aromatic rings. The van der Waals surface area contributed by atoms with Crippen LogP contribution in [-0.4, -0.2) is 69.6 Å². The largest absolute Gasteiger partial charge is 0.493 e. The first kappa shape index (κ1) is 24.5. The van der Waals surface area contributed by atoms with Crippen molar-refractivity contribution in [3.05, 3.63) is 47.5 Å². The Hall–Kier alpha value is -2.15. The molecule has 7 heteroatoms. The number of benzene rings is 2. The Morgan fingerprint density at radius 3 is 1.91 bits per heavy atom. The maximum Gasteiger partial charge on any atom is 0.161 e. The zero-order valence-electron chi connectivity index (χ0n) is 19.3. The molecule has 0 amide bonds. The van der Waals surface area contributed by atoms with E-state index in [9.17, 15) is 5.11 Å². The summed E-state index contributed by atoms with van der Waals surface area (Å²) in [6, 6.07) is 12.2. The highest BCUT2D eigenvalue weighted by molar-refractivity contribution is 6.17. The molecule has 2 atom stereocenters. The van der Waals surface area contributed by atoms with Gasteiger partial charge in [0.15, 0.2) is 23.0 Å². The van der Waals surface area contributed by atoms with Crippen LogP contribution >= 0.6 is 11.6 Å². The molecular formula is C25H34ClNO5. The molecule has 0 radical (unpaired) electrons. The third-order valence-corrected chi connectivity index (χ3v) is 6.50. The van der Waals surface area contributed by atoms with Gasteiger partial charge in [-0.3, -0.25) is 4.90 Å². The zero-order chi connectivity index (χ0) is 23.1. The average molecular weight is 464 g/mol. The number of hydrogen-bond acceptors (Lipinski definition) is 6. The van der Waals surface area contributed by atoms with Gasteiger partial charge in [-0.15, -0.1) is 11.6 Å². The summed E-state index contributed by atoms with van der Waals surface area (Å²) in [6.45, 7) is 1.72. The lowest BCUT2D eigenvalue weighted by Gasteiger charge is -2.43. The summed E-state index contributed by atoms with van der Waals surface area (Å²) in [5.41, 5.74) is 2.18. The van der Waals surface area contributed by atoms with Crippen molar-refractivity contribution < 1.29 is 24.1 Å². The van der Waals surface area contributed by atoms with Gasteiger partial charge in [-0.05, 0) is 61.2 Å². The van der Waals surface area contributed by atoms with E-state index in [1.54, 1.807) is 28.4 Å². The lowest BCUT2D eigenvalue weighted by Crippen LogP contribution is -2.48. The number of methoxy groups -OCH3 is 4. The highest BCUT2D eigenvalue weighted by Crippen LogP contribution is 2.41. The Morgan fingerprint density at radius 1 is 0.906 bits per heavy atom. The van der Waals surface area contributed by atoms with E-state index < -0.39 is 0 Å². The summed E-state index contributed by atoms with van der Waals surface area (Å²) in [6.07, 6.45) is 2.01. The number of piperidine rings is 1. The third kappa shape index (κ3) is 5.42. The molecule has 1 fully saturated rings. The maximum absolute atomic E-state index is 10.6. The predicted octanol–water partition coefficient (Wildman–Crippen LogP) is 4.31. The number of aliphatic hydroxyl groups is 1. The van der Waals surface area contributed by atoms with Crippen LogP contribution < -0.4 is 18.9 Å². The van der Waals surface area contributed by atoms with E-state index in [4.69, 9.17) is 30.5 Å². The van der Waals surface area contributed by atoms with E-state index in [-0.39, 0.29) is 18.1 Å². The molecule has 2 aromatic carbocycles. The standard InChI is InChI=1S/C25H34ClNO5/c1-29-21-8-6-17(14-23(21)31-3)25(18-7-9-22(30-2)24(15-18)32-4)20-16-19(28)10-13-27(20)12-5-11-26/h6-9,14-15,19-20,25,28H,5,10-13,16H2,1-4H3. The van der Waals surface area contributed by atoms with Gasteiger partial charge >= 0.3 is 0 Å². The van der Waals surface area contributed by atoms with Crippen molar-refractivity contribution in [3.8, 4) is 23.0 Å². The molecule has 0 aromatic heterocycles. The van der Waals surface area contributed by atoms with Crippen LogP contribution in [0.3, 0.4) is 0 Å². The third-order valence-electron chi connectivity index (χ3n) is 6.23. The molecule has 2 unspecified atom stereocenters. The van der Waals surface area contributed by atoms with Crippen molar-refractivity contribution in [2.24, 2.45) is 0 Å². The maximum atomic E-state index is 10.6. The molecule has 32 heavy (non-hydrogen) atoms. The highest BCUT2D eigenvalue weighted by atomic mass is 35.5. The summed E-state index contributed by atoms with van der Waals surface area (Å²) < 4.78 is 22.1. The van der Waals surface area contributed by atoms with E-state index in [0.717, 1.165) is 37.1 Å². The number of hydrogen-bond donors (Lipinski definition) is 1. The van der Waals surface area contributed by atoms with Crippen LogP contribution in [0.15, 0.2) is 36.4 Å². The summed E-state index contributed by atoms with van der Waals surface area (Å²) in [4.78, 5) is 2.45. The van der Waals surface area contributed by atoms with Crippen LogP contribution in [0.2, 0.25) is 0 Å². The fourth-order valence-electron chi connectivity index (χ4n) is 4.64. The van der Waals surface area contributed by atoms with E-state index >= 15 is 0 Å². The predicted molar refractivity (Wildman–Crippen MR) is 127 cm³/mol. The fraction of sp³-hybridized carbons (Fsp3) is 0.520. The summed E-state index contributed by atoms with van der Waals surface area (Å²) >= 11 is 6.02. The first-order valence-electron chi connectivity index (χ1n) is 11.0. The highest BCUT2D eigenvalue weighted by Gasteiger charge is 2.35. The van der Waals surface area contributed by atoms with Gasteiger partial charge in [0.1, 0.15) is 0 Å². The summed E-state index contributed by atoms with van der Waals surface area (Å²) in [5.74, 6) is 3.33. The minimum Gasteiger partial charge on any atom is -0.493 e. The normalized spacial score (nSPS) is 19.1. The monoisotopic (exact) mass is 463 g/mol. The van der Waals surface area contributed by atoms with E-state index in [1.807, 2.05) is 24.3 Å². The van der Waals surface area contributed by atoms with Crippen molar-refractivity contribution in [3.63, 3.8) is 0 Å². The van der Waals surface area contributed by atoms with Crippen LogP contribution in [0.1, 0.15) is 36.3 Å². The van der Waals surface area contributed by atoms with Gasteiger partial charge in [-0.1, -0.05) is 12.1 Å². The number of nitrogens with zero attached hydrogens (tertiary/aromatic N) is 1. The Morgan fingerprint density at radius 2 is 1.44 bits per heavy atom. The van der Waals surface area contributed by atoms with Gasteiger partial charge in [-0.25, -0.2) is 0 Å². The van der Waals surface area contributed by atoms with Gasteiger partial charge in [0.05, 0.1) is 34.5 Å². The van der Waals surface area contributed by atoms with Crippen LogP contribution in [0.5, 0.6) is 23.0 Å². The summed E-state index contributed by atoms with van der Waals surface area (Å²) in [5, 5.41) is 10.6. The molecule has 1 heterocycles. The average Bonchev–Trinajstić information content (AvgIpc) is 2.83. The topological polar surface area (TPSA) is 60.4 Å². The molecular weight excluding hydrogens is 430 g/mol. The first-order valence-corrected chi connectivity index (χ1v) is 11.5. The smallest absolute Gasteiger partial charge is 0.161 e. The zero-order valence-corrected chi connectivity index (χ0v) is 20.1. The minimum absolute atomic E-state index is 0.0140. The quantitative estimate of drug-likeness (QED) is 0.530. The van der Waals surface area contributed by atoms with E-state index in [2.05, 4.69) is 17.0 Å². The lowest BCUT2D eigenvalue weighted by atomic mass is 9.79. The number of alkyl halides is 1. The summed E-state index contributed by atoms with van der Waals surface area (Å²) in [7, 11) is 6.55. The van der Waals surface area contributed by atoms with Gasteiger partial charge in [0.2, 0.25) is 0 Å². The Bertz CT molecular complexity index is 820. The Labute approximate surface area is 196 Å². The SMILES string of the molecule is COc1ccc(C(c2ccc(OC)c(OC)c2)C2CC(O)CCN2CCCCl)cc1OC. The van der Waals surface area contributed by atoms with Gasteiger partial charge in [-0.2, -0.15) is 0 Å². The molecule has 0 aliphatic carbocycles. The van der Waals surface area contributed by atoms with E-state index in [1.165, 1.54) is 0 Å². The number of halogens is 1. The molecule has 1 aliphatic heterocycles. The minimum atomic E-state index is -0.338. The van der Waals surface area contributed by atoms with Crippen molar-refractivity contribution in [1.29, 1.82) is 0 Å². The number of likely N-dealkylation sites (tertiary alicyclic amines) is 1. The van der Waals surface area contributed by atoms with Crippen molar-refractivity contribution in [2.45, 2.75) is 37.3 Å². The second kappa shape index (κ2) is 11.6. The van der Waals surface area contributed by atoms with Gasteiger partial charge in [0, 0.05) is 24.4 Å². The molecule has 176 valence electrons. The van der Waals surface area contributed by atoms with Gasteiger partial charge in [0.25, 0.3) is 0 Å². The Kier molecular flexibility index (Phi) is 8.91. The second-order valence-corrected chi connectivity index (χ2v) is 8.41. The molecule has 1 aliphatic rings. The van der Waals surface area contributed by atoms with Crippen molar-refractivity contribution in [2.75, 3.05) is 47.4 Å². The van der Waals surface area contributed by atoms with E-state index in [0.29, 0.717) is 35.3 Å². The molecule has 1 saturated heterocycles. The van der Waals surface area contributed by atoms with Crippen molar-refractivity contribution in [1.82, 2.24) is 4.90 Å². The first-order chi connectivity index (χ1) is 15.6. The molecule has 6 nitrogen and oxygen atoms in total. The molecule has 0 spiro atoms. The van der Waals surface area contributed by atoms with Crippen LogP contribution in [0, 0.1) is 0 Å². The molecule has 0 bridgehead atoms. The number of aliphatic hydroxyl groups excluding tert-OH is 1. The van der Waals surface area contributed by atoms with Crippen molar-refractivity contribution >= 4 is 11.6 Å². The van der Waals surface area contributed by atoms with Crippen LogP contribution in [0.25, 0.3) is 0 Å². The number of ether oxygens (including phenoxy) is 4. The lowest BCUT2D eigenvalue weighted by molar-refractivity contribution is 0.0352. The molecule has 0 saturated carbocycles. The Balaban J connectivity index is 2.12. The molecule has 3 rings (SSSR count). The number of rotatable bonds is 10. The molecule has 1 N–H and O–H groups in total. The van der Waals surface area contributed by atoms with Crippen LogP contribution in [0.4, 0.5) is 0 Å². The van der Waals surface area contributed by atoms with Crippen LogP contribution in [-0.2, 0) is 0 Å².